The number of aromatic nitrogens is 2. The van der Waals surface area contributed by atoms with Gasteiger partial charge in [-0.1, -0.05) is 28.1 Å². The molecule has 0 amide bonds. The minimum atomic E-state index is 0.337. The molecule has 0 bridgehead atoms. The molecule has 0 atom stereocenters. The van der Waals surface area contributed by atoms with Gasteiger partial charge in [-0.2, -0.15) is 0 Å². The molecule has 2 aromatic carbocycles. The molecule has 0 aliphatic heterocycles. The summed E-state index contributed by atoms with van der Waals surface area (Å²) >= 11 is 9.62. The zero-order valence-electron chi connectivity index (χ0n) is 11.7. The van der Waals surface area contributed by atoms with Crippen LogP contribution in [0.15, 0.2) is 40.9 Å². The quantitative estimate of drug-likeness (QED) is 0.621. The van der Waals surface area contributed by atoms with Crippen LogP contribution >= 0.6 is 27.5 Å². The van der Waals surface area contributed by atoms with Crippen LogP contribution in [-0.4, -0.2) is 16.7 Å². The van der Waals surface area contributed by atoms with Gasteiger partial charge in [0.1, 0.15) is 11.6 Å². The zero-order valence-corrected chi connectivity index (χ0v) is 14.1. The summed E-state index contributed by atoms with van der Waals surface area (Å²) in [7, 11) is 1.67. The maximum absolute atomic E-state index is 6.11. The lowest BCUT2D eigenvalue weighted by atomic mass is 10.2. The Morgan fingerprint density at radius 1 is 1.29 bits per heavy atom. The summed E-state index contributed by atoms with van der Waals surface area (Å²) in [4.78, 5) is 4.63. The Labute approximate surface area is 136 Å². The first kappa shape index (κ1) is 14.4. The minimum absolute atomic E-state index is 0.337. The number of imidazole rings is 1. The Kier molecular flexibility index (Phi) is 3.91. The second-order valence-corrected chi connectivity index (χ2v) is 5.94. The van der Waals surface area contributed by atoms with E-state index in [2.05, 4.69) is 38.5 Å². The predicted molar refractivity (Wildman–Crippen MR) is 89.6 cm³/mol. The Bertz CT molecular complexity index is 813. The predicted octanol–water partition coefficient (Wildman–Crippen LogP) is 4.84. The van der Waals surface area contributed by atoms with Crippen molar-refractivity contribution in [3.05, 3.63) is 52.3 Å². The van der Waals surface area contributed by atoms with E-state index in [1.54, 1.807) is 7.11 Å². The van der Waals surface area contributed by atoms with Gasteiger partial charge in [0.05, 0.1) is 29.7 Å². The molecule has 0 radical (unpaired) electrons. The molecule has 0 saturated heterocycles. The van der Waals surface area contributed by atoms with Crippen LogP contribution in [0, 0.1) is 6.92 Å². The van der Waals surface area contributed by atoms with Crippen molar-refractivity contribution < 1.29 is 4.74 Å². The van der Waals surface area contributed by atoms with E-state index in [1.807, 2.05) is 30.3 Å². The molecular weight excluding hydrogens is 352 g/mol. The maximum atomic E-state index is 6.11. The van der Waals surface area contributed by atoms with Crippen molar-refractivity contribution in [2.75, 3.05) is 7.11 Å². The number of halogens is 2. The van der Waals surface area contributed by atoms with Gasteiger partial charge in [-0.15, -0.1) is 11.6 Å². The maximum Gasteiger partial charge on any atom is 0.142 e. The highest BCUT2D eigenvalue weighted by atomic mass is 79.9. The van der Waals surface area contributed by atoms with Crippen LogP contribution in [0.4, 0.5) is 0 Å². The molecular formula is C16H14BrClN2O. The van der Waals surface area contributed by atoms with Gasteiger partial charge >= 0.3 is 0 Å². The largest absolute Gasteiger partial charge is 0.495 e. The first-order valence-electron chi connectivity index (χ1n) is 6.52. The van der Waals surface area contributed by atoms with Gasteiger partial charge in [0, 0.05) is 4.47 Å². The molecule has 0 N–H and O–H groups in total. The lowest BCUT2D eigenvalue weighted by Crippen LogP contribution is -2.03. The van der Waals surface area contributed by atoms with E-state index in [1.165, 1.54) is 0 Å². The Morgan fingerprint density at radius 3 is 2.81 bits per heavy atom. The van der Waals surface area contributed by atoms with E-state index in [4.69, 9.17) is 16.3 Å². The number of nitrogens with zero attached hydrogens (tertiary/aromatic N) is 2. The van der Waals surface area contributed by atoms with E-state index in [9.17, 15) is 0 Å². The van der Waals surface area contributed by atoms with Crippen LogP contribution in [0.2, 0.25) is 0 Å². The molecule has 5 heteroatoms. The van der Waals surface area contributed by atoms with E-state index in [0.29, 0.717) is 5.88 Å². The summed E-state index contributed by atoms with van der Waals surface area (Å²) in [5, 5.41) is 0. The third-order valence-electron chi connectivity index (χ3n) is 3.45. The second-order valence-electron chi connectivity index (χ2n) is 4.76. The normalized spacial score (nSPS) is 11.0. The average molecular weight is 366 g/mol. The van der Waals surface area contributed by atoms with Gasteiger partial charge in [0.25, 0.3) is 0 Å². The molecule has 0 fully saturated rings. The Balaban J connectivity index is 2.41. The van der Waals surface area contributed by atoms with Gasteiger partial charge in [0.15, 0.2) is 0 Å². The first-order chi connectivity index (χ1) is 10.2. The summed E-state index contributed by atoms with van der Waals surface area (Å²) in [6.45, 7) is 2.07. The van der Waals surface area contributed by atoms with E-state index < -0.39 is 0 Å². The average Bonchev–Trinajstić information content (AvgIpc) is 2.87. The van der Waals surface area contributed by atoms with Crippen molar-refractivity contribution in [1.82, 2.24) is 9.55 Å². The molecule has 108 valence electrons. The Morgan fingerprint density at radius 2 is 2.10 bits per heavy atom. The van der Waals surface area contributed by atoms with Crippen LogP contribution in [-0.2, 0) is 5.88 Å². The van der Waals surface area contributed by atoms with Crippen LogP contribution in [0.25, 0.3) is 16.7 Å². The summed E-state index contributed by atoms with van der Waals surface area (Å²) in [6.07, 6.45) is 0. The number of benzene rings is 2. The molecule has 0 spiro atoms. The molecule has 21 heavy (non-hydrogen) atoms. The minimum Gasteiger partial charge on any atom is -0.495 e. The van der Waals surface area contributed by atoms with Crippen LogP contribution in [0.3, 0.4) is 0 Å². The van der Waals surface area contributed by atoms with E-state index in [0.717, 1.165) is 38.3 Å². The summed E-state index contributed by atoms with van der Waals surface area (Å²) in [6, 6.07) is 12.0. The van der Waals surface area contributed by atoms with Crippen LogP contribution < -0.4 is 4.74 Å². The number of alkyl halides is 1. The number of para-hydroxylation sites is 1. The summed E-state index contributed by atoms with van der Waals surface area (Å²) < 4.78 is 8.55. The fraction of sp³-hybridized carbons (Fsp3) is 0.188. The highest BCUT2D eigenvalue weighted by Crippen LogP contribution is 2.32. The zero-order chi connectivity index (χ0) is 15.0. The third-order valence-corrected chi connectivity index (χ3v) is 4.18. The fourth-order valence-corrected chi connectivity index (χ4v) is 3.06. The number of hydrogen-bond acceptors (Lipinski definition) is 2. The smallest absolute Gasteiger partial charge is 0.142 e. The van der Waals surface area contributed by atoms with E-state index in [-0.39, 0.29) is 0 Å². The summed E-state index contributed by atoms with van der Waals surface area (Å²) in [5.41, 5.74) is 4.08. The lowest BCUT2D eigenvalue weighted by molar-refractivity contribution is 0.413. The molecule has 0 saturated carbocycles. The molecule has 3 rings (SSSR count). The highest BCUT2D eigenvalue weighted by molar-refractivity contribution is 9.10. The number of hydrogen-bond donors (Lipinski definition) is 0. The Hall–Kier alpha value is -1.52. The molecule has 1 heterocycles. The van der Waals surface area contributed by atoms with Crippen molar-refractivity contribution in [2.45, 2.75) is 12.8 Å². The van der Waals surface area contributed by atoms with Gasteiger partial charge in [-0.25, -0.2) is 4.98 Å². The number of aryl methyl sites for hydroxylation is 1. The monoisotopic (exact) mass is 364 g/mol. The van der Waals surface area contributed by atoms with Crippen LogP contribution in [0.1, 0.15) is 11.4 Å². The van der Waals surface area contributed by atoms with Crippen molar-refractivity contribution in [2.24, 2.45) is 0 Å². The number of methoxy groups -OCH3 is 1. The summed E-state index contributed by atoms with van der Waals surface area (Å²) in [5.74, 6) is 1.92. The molecule has 0 aliphatic carbocycles. The SMILES string of the molecule is COc1ccc(Br)cc1-n1c(CCl)nc2cccc(C)c21. The van der Waals surface area contributed by atoms with Gasteiger partial charge < -0.3 is 4.74 Å². The highest BCUT2D eigenvalue weighted by Gasteiger charge is 2.16. The molecule has 1 aromatic heterocycles. The molecule has 3 nitrogen and oxygen atoms in total. The van der Waals surface area contributed by atoms with Crippen molar-refractivity contribution in [3.63, 3.8) is 0 Å². The van der Waals surface area contributed by atoms with Crippen LogP contribution in [0.5, 0.6) is 5.75 Å². The van der Waals surface area contributed by atoms with Crippen molar-refractivity contribution in [1.29, 1.82) is 0 Å². The number of fused-ring (bicyclic) bond motifs is 1. The number of ether oxygens (including phenoxy) is 1. The fourth-order valence-electron chi connectivity index (χ4n) is 2.53. The molecule has 3 aromatic rings. The van der Waals surface area contributed by atoms with Gasteiger partial charge in [-0.3, -0.25) is 4.57 Å². The first-order valence-corrected chi connectivity index (χ1v) is 7.85. The van der Waals surface area contributed by atoms with E-state index >= 15 is 0 Å². The van der Waals surface area contributed by atoms with Gasteiger partial charge in [-0.05, 0) is 36.8 Å². The third kappa shape index (κ3) is 2.43. The van der Waals surface area contributed by atoms with Gasteiger partial charge in [0.2, 0.25) is 0 Å². The topological polar surface area (TPSA) is 27.1 Å². The molecule has 0 aliphatic rings. The lowest BCUT2D eigenvalue weighted by Gasteiger charge is -2.14. The molecule has 0 unspecified atom stereocenters. The number of rotatable bonds is 3. The standard InChI is InChI=1S/C16H14BrClN2O/c1-10-4-3-5-12-16(10)20(15(9-18)19-12)13-8-11(17)6-7-14(13)21-2/h3-8H,9H2,1-2H3. The van der Waals surface area contributed by atoms with Crippen molar-refractivity contribution in [3.8, 4) is 11.4 Å². The van der Waals surface area contributed by atoms with Crippen molar-refractivity contribution >= 4 is 38.6 Å². The second kappa shape index (κ2) is 5.70.